The first-order valence-corrected chi connectivity index (χ1v) is 8.07. The number of aromatic nitrogens is 2. The molecule has 0 fully saturated rings. The van der Waals surface area contributed by atoms with Gasteiger partial charge in [0.15, 0.2) is 5.69 Å². The normalized spacial score (nSPS) is 10.7. The van der Waals surface area contributed by atoms with Crippen molar-refractivity contribution in [1.82, 2.24) is 15.5 Å². The fourth-order valence-corrected chi connectivity index (χ4v) is 2.77. The number of aryl methyl sites for hydroxylation is 1. The third kappa shape index (κ3) is 3.35. The van der Waals surface area contributed by atoms with Crippen LogP contribution in [0.5, 0.6) is 0 Å². The molecule has 0 radical (unpaired) electrons. The van der Waals surface area contributed by atoms with Crippen molar-refractivity contribution in [3.8, 4) is 0 Å². The van der Waals surface area contributed by atoms with Gasteiger partial charge in [-0.3, -0.25) is 9.89 Å². The molecule has 0 saturated carbocycles. The molecule has 23 heavy (non-hydrogen) atoms. The highest BCUT2D eigenvalue weighted by Gasteiger charge is 2.21. The lowest BCUT2D eigenvalue weighted by Crippen LogP contribution is -2.29. The number of H-pyrrole nitrogens is 1. The average Bonchev–Trinajstić information content (AvgIpc) is 2.93. The van der Waals surface area contributed by atoms with Gasteiger partial charge in [0.25, 0.3) is 5.91 Å². The minimum atomic E-state index is -0.228. The number of carbonyl (C=O) groups is 1. The molecule has 1 aromatic heterocycles. The van der Waals surface area contributed by atoms with Gasteiger partial charge >= 0.3 is 0 Å². The number of rotatable bonds is 4. The van der Waals surface area contributed by atoms with Gasteiger partial charge in [-0.05, 0) is 34.0 Å². The molecule has 0 bridgehead atoms. The lowest BCUT2D eigenvalue weighted by Gasteiger charge is -2.19. The number of benzene rings is 2. The van der Waals surface area contributed by atoms with E-state index in [1.807, 2.05) is 67.6 Å². The van der Waals surface area contributed by atoms with Crippen molar-refractivity contribution in [2.75, 3.05) is 0 Å². The van der Waals surface area contributed by atoms with Gasteiger partial charge in [0.1, 0.15) is 0 Å². The zero-order valence-electron chi connectivity index (χ0n) is 12.6. The molecule has 1 amide bonds. The van der Waals surface area contributed by atoms with E-state index in [9.17, 15) is 4.79 Å². The molecule has 5 heteroatoms. The topological polar surface area (TPSA) is 57.8 Å². The second-order valence-electron chi connectivity index (χ2n) is 5.24. The van der Waals surface area contributed by atoms with Crippen molar-refractivity contribution in [3.63, 3.8) is 0 Å². The molecule has 0 atom stereocenters. The Morgan fingerprint density at radius 2 is 1.57 bits per heavy atom. The van der Waals surface area contributed by atoms with E-state index in [4.69, 9.17) is 0 Å². The number of amides is 1. The Hall–Kier alpha value is -2.40. The molecule has 0 saturated heterocycles. The lowest BCUT2D eigenvalue weighted by atomic mass is 9.98. The zero-order chi connectivity index (χ0) is 16.2. The van der Waals surface area contributed by atoms with Crippen LogP contribution in [-0.2, 0) is 0 Å². The SMILES string of the molecule is Cc1[nH]nc(C(=O)NC(c2ccccc2)c2ccccc2)c1Br. The number of carbonyl (C=O) groups excluding carboxylic acids is 1. The molecule has 0 aliphatic heterocycles. The van der Waals surface area contributed by atoms with Crippen LogP contribution >= 0.6 is 15.9 Å². The van der Waals surface area contributed by atoms with Crippen LogP contribution in [0.1, 0.15) is 33.4 Å². The van der Waals surface area contributed by atoms with Gasteiger partial charge in [0, 0.05) is 5.69 Å². The fourth-order valence-electron chi connectivity index (χ4n) is 2.42. The fraction of sp³-hybridized carbons (Fsp3) is 0.111. The van der Waals surface area contributed by atoms with E-state index in [2.05, 4.69) is 31.4 Å². The van der Waals surface area contributed by atoms with E-state index >= 15 is 0 Å². The molecule has 3 rings (SSSR count). The summed E-state index contributed by atoms with van der Waals surface area (Å²) in [6, 6.07) is 19.6. The van der Waals surface area contributed by atoms with E-state index in [1.54, 1.807) is 0 Å². The van der Waals surface area contributed by atoms with E-state index < -0.39 is 0 Å². The molecule has 0 aliphatic rings. The Balaban J connectivity index is 1.94. The lowest BCUT2D eigenvalue weighted by molar-refractivity contribution is 0.0937. The first kappa shape index (κ1) is 15.5. The second-order valence-corrected chi connectivity index (χ2v) is 6.03. The largest absolute Gasteiger partial charge is 0.340 e. The molecule has 0 aliphatic carbocycles. The maximum Gasteiger partial charge on any atom is 0.273 e. The molecular formula is C18H16BrN3O. The minimum Gasteiger partial charge on any atom is -0.340 e. The maximum atomic E-state index is 12.6. The Morgan fingerprint density at radius 1 is 1.04 bits per heavy atom. The number of halogens is 1. The summed E-state index contributed by atoms with van der Waals surface area (Å²) in [5.74, 6) is -0.223. The molecule has 3 aromatic rings. The molecule has 2 N–H and O–H groups in total. The first-order valence-electron chi connectivity index (χ1n) is 7.28. The standard InChI is InChI=1S/C18H16BrN3O/c1-12-15(19)17(22-21-12)18(23)20-16(13-8-4-2-5-9-13)14-10-6-3-7-11-14/h2-11,16H,1H3,(H,20,23)(H,21,22). The first-order chi connectivity index (χ1) is 11.2. The van der Waals surface area contributed by atoms with E-state index in [0.717, 1.165) is 16.8 Å². The van der Waals surface area contributed by atoms with Crippen LogP contribution in [0.3, 0.4) is 0 Å². The summed E-state index contributed by atoms with van der Waals surface area (Å²) < 4.78 is 0.690. The van der Waals surface area contributed by atoms with Crippen molar-refractivity contribution in [3.05, 3.63) is 87.7 Å². The van der Waals surface area contributed by atoms with Gasteiger partial charge in [0.2, 0.25) is 0 Å². The van der Waals surface area contributed by atoms with E-state index in [-0.39, 0.29) is 11.9 Å². The van der Waals surface area contributed by atoms with Crippen LogP contribution in [0.25, 0.3) is 0 Å². The Bertz CT molecular complexity index is 760. The Kier molecular flexibility index (Phi) is 4.57. The van der Waals surface area contributed by atoms with Crippen LogP contribution < -0.4 is 5.32 Å². The number of nitrogens with zero attached hydrogens (tertiary/aromatic N) is 1. The maximum absolute atomic E-state index is 12.6. The van der Waals surface area contributed by atoms with Gasteiger partial charge in [0.05, 0.1) is 10.5 Å². The number of aromatic amines is 1. The summed E-state index contributed by atoms with van der Waals surface area (Å²) in [5, 5.41) is 9.95. The second kappa shape index (κ2) is 6.79. The highest BCUT2D eigenvalue weighted by Crippen LogP contribution is 2.24. The highest BCUT2D eigenvalue weighted by molar-refractivity contribution is 9.10. The Morgan fingerprint density at radius 3 is 2.00 bits per heavy atom. The third-order valence-corrected chi connectivity index (χ3v) is 4.60. The molecule has 116 valence electrons. The van der Waals surface area contributed by atoms with Crippen LogP contribution in [0.2, 0.25) is 0 Å². The summed E-state index contributed by atoms with van der Waals surface area (Å²) in [7, 11) is 0. The predicted molar refractivity (Wildman–Crippen MR) is 93.2 cm³/mol. The summed E-state index contributed by atoms with van der Waals surface area (Å²) in [6.45, 7) is 1.86. The van der Waals surface area contributed by atoms with Crippen molar-refractivity contribution in [2.24, 2.45) is 0 Å². The van der Waals surface area contributed by atoms with Gasteiger partial charge in [-0.2, -0.15) is 5.10 Å². The monoisotopic (exact) mass is 369 g/mol. The average molecular weight is 370 g/mol. The number of nitrogens with one attached hydrogen (secondary N) is 2. The van der Waals surface area contributed by atoms with Gasteiger partial charge in [-0.25, -0.2) is 0 Å². The molecular weight excluding hydrogens is 354 g/mol. The van der Waals surface area contributed by atoms with Gasteiger partial charge < -0.3 is 5.32 Å². The van der Waals surface area contributed by atoms with Gasteiger partial charge in [-0.15, -0.1) is 0 Å². The highest BCUT2D eigenvalue weighted by atomic mass is 79.9. The van der Waals surface area contributed by atoms with Crippen molar-refractivity contribution >= 4 is 21.8 Å². The molecule has 0 unspecified atom stereocenters. The molecule has 1 heterocycles. The van der Waals surface area contributed by atoms with Crippen LogP contribution in [0.15, 0.2) is 65.1 Å². The third-order valence-electron chi connectivity index (χ3n) is 3.63. The molecule has 4 nitrogen and oxygen atoms in total. The van der Waals surface area contributed by atoms with Crippen molar-refractivity contribution in [1.29, 1.82) is 0 Å². The summed E-state index contributed by atoms with van der Waals surface area (Å²) in [4.78, 5) is 12.6. The number of hydrogen-bond acceptors (Lipinski definition) is 2. The van der Waals surface area contributed by atoms with Crippen molar-refractivity contribution < 1.29 is 4.79 Å². The minimum absolute atomic E-state index is 0.223. The summed E-state index contributed by atoms with van der Waals surface area (Å²) >= 11 is 3.40. The van der Waals surface area contributed by atoms with Crippen molar-refractivity contribution in [2.45, 2.75) is 13.0 Å². The molecule has 2 aromatic carbocycles. The Labute approximate surface area is 143 Å². The van der Waals surface area contributed by atoms with Gasteiger partial charge in [-0.1, -0.05) is 60.7 Å². The van der Waals surface area contributed by atoms with Crippen LogP contribution in [-0.4, -0.2) is 16.1 Å². The number of hydrogen-bond donors (Lipinski definition) is 2. The van der Waals surface area contributed by atoms with E-state index in [1.165, 1.54) is 0 Å². The zero-order valence-corrected chi connectivity index (χ0v) is 14.2. The van der Waals surface area contributed by atoms with Crippen LogP contribution in [0, 0.1) is 6.92 Å². The smallest absolute Gasteiger partial charge is 0.273 e. The summed E-state index contributed by atoms with van der Waals surface area (Å²) in [6.07, 6.45) is 0. The van der Waals surface area contributed by atoms with Crippen LogP contribution in [0.4, 0.5) is 0 Å². The molecule has 0 spiro atoms. The summed E-state index contributed by atoms with van der Waals surface area (Å²) in [5.41, 5.74) is 3.23. The predicted octanol–water partition coefficient (Wildman–Crippen LogP) is 4.00. The van der Waals surface area contributed by atoms with E-state index in [0.29, 0.717) is 10.2 Å². The quantitative estimate of drug-likeness (QED) is 0.729.